The smallest absolute Gasteiger partial charge is 0.261 e. The fourth-order valence-corrected chi connectivity index (χ4v) is 4.16. The van der Waals surface area contributed by atoms with Crippen LogP contribution in [0.25, 0.3) is 0 Å². The van der Waals surface area contributed by atoms with E-state index in [1.807, 2.05) is 6.07 Å². The molecule has 1 aliphatic rings. The van der Waals surface area contributed by atoms with Crippen molar-refractivity contribution in [3.63, 3.8) is 0 Å². The fourth-order valence-electron chi connectivity index (χ4n) is 2.28. The van der Waals surface area contributed by atoms with Gasteiger partial charge in [-0.1, -0.05) is 6.07 Å². The Kier molecular flexibility index (Phi) is 3.48. The molecule has 3 rings (SSSR count). The molecule has 0 radical (unpaired) electrons. The van der Waals surface area contributed by atoms with Crippen molar-refractivity contribution in [3.8, 4) is 0 Å². The summed E-state index contributed by atoms with van der Waals surface area (Å²) < 4.78 is 0. The van der Waals surface area contributed by atoms with E-state index in [9.17, 15) is 4.79 Å². The van der Waals surface area contributed by atoms with Gasteiger partial charge in [0.1, 0.15) is 0 Å². The Morgan fingerprint density at radius 1 is 1.39 bits per heavy atom. The van der Waals surface area contributed by atoms with Gasteiger partial charge in [0.15, 0.2) is 0 Å². The van der Waals surface area contributed by atoms with E-state index in [4.69, 9.17) is 0 Å². The largest absolute Gasteiger partial charge is 0.351 e. The highest BCUT2D eigenvalue weighted by Gasteiger charge is 2.17. The van der Waals surface area contributed by atoms with E-state index in [2.05, 4.69) is 22.8 Å². The molecule has 0 saturated heterocycles. The maximum atomic E-state index is 12.0. The van der Waals surface area contributed by atoms with Gasteiger partial charge in [0.25, 0.3) is 5.91 Å². The van der Waals surface area contributed by atoms with Gasteiger partial charge in [-0.2, -0.15) is 0 Å². The van der Waals surface area contributed by atoms with Crippen LogP contribution in [0.15, 0.2) is 23.6 Å². The van der Waals surface area contributed by atoms with Crippen molar-refractivity contribution in [1.29, 1.82) is 0 Å². The number of carbonyl (C=O) groups is 1. The maximum Gasteiger partial charge on any atom is 0.261 e. The first kappa shape index (κ1) is 11.9. The van der Waals surface area contributed by atoms with E-state index in [1.54, 1.807) is 22.7 Å². The number of hydrogen-bond acceptors (Lipinski definition) is 3. The zero-order valence-electron chi connectivity index (χ0n) is 10.1. The van der Waals surface area contributed by atoms with E-state index >= 15 is 0 Å². The Labute approximate surface area is 115 Å². The van der Waals surface area contributed by atoms with Crippen LogP contribution >= 0.6 is 22.7 Å². The minimum Gasteiger partial charge on any atom is -0.351 e. The highest BCUT2D eigenvalue weighted by Crippen LogP contribution is 2.30. The predicted molar refractivity (Wildman–Crippen MR) is 76.7 cm³/mol. The summed E-state index contributed by atoms with van der Waals surface area (Å²) in [4.78, 5) is 15.6. The summed E-state index contributed by atoms with van der Waals surface area (Å²) in [5.74, 6) is 0.0888. The molecular weight excluding hydrogens is 262 g/mol. The van der Waals surface area contributed by atoms with Gasteiger partial charge in [-0.15, -0.1) is 22.7 Å². The Morgan fingerprint density at radius 3 is 3.11 bits per heavy atom. The Hall–Kier alpha value is -1.13. The molecule has 0 aliphatic heterocycles. The molecule has 2 heterocycles. The maximum absolute atomic E-state index is 12.0. The van der Waals surface area contributed by atoms with Gasteiger partial charge in [-0.3, -0.25) is 4.79 Å². The summed E-state index contributed by atoms with van der Waals surface area (Å²) in [5.41, 5.74) is 1.39. The van der Waals surface area contributed by atoms with Gasteiger partial charge in [0.2, 0.25) is 0 Å². The monoisotopic (exact) mass is 277 g/mol. The molecule has 0 spiro atoms. The van der Waals surface area contributed by atoms with Gasteiger partial charge >= 0.3 is 0 Å². The fraction of sp³-hybridized carbons (Fsp3) is 0.357. The normalized spacial score (nSPS) is 13.6. The third-order valence-corrected chi connectivity index (χ3v) is 5.38. The molecule has 0 saturated carbocycles. The quantitative estimate of drug-likeness (QED) is 0.913. The van der Waals surface area contributed by atoms with E-state index in [-0.39, 0.29) is 5.91 Å². The summed E-state index contributed by atoms with van der Waals surface area (Å²) in [6.07, 6.45) is 4.48. The van der Waals surface area contributed by atoms with E-state index < -0.39 is 0 Å². The van der Waals surface area contributed by atoms with Crippen molar-refractivity contribution in [3.05, 3.63) is 43.8 Å². The number of fused-ring (bicyclic) bond motifs is 1. The van der Waals surface area contributed by atoms with Crippen LogP contribution in [0.5, 0.6) is 0 Å². The summed E-state index contributed by atoms with van der Waals surface area (Å²) in [6.45, 7) is 0.724. The first-order chi connectivity index (χ1) is 8.83. The standard InChI is InChI=1S/C14H15NOS2/c16-14(15-7-6-11-4-2-8-17-11)13-9-10-3-1-5-12(10)18-13/h2,4,8-9H,1,3,5-7H2,(H,15,16). The zero-order valence-corrected chi connectivity index (χ0v) is 11.7. The van der Waals surface area contributed by atoms with Crippen LogP contribution in [0.3, 0.4) is 0 Å². The van der Waals surface area contributed by atoms with Crippen LogP contribution in [-0.4, -0.2) is 12.5 Å². The average Bonchev–Trinajstić information content (AvgIpc) is 3.04. The van der Waals surface area contributed by atoms with Gasteiger partial charge in [-0.25, -0.2) is 0 Å². The topological polar surface area (TPSA) is 29.1 Å². The summed E-state index contributed by atoms with van der Waals surface area (Å²) in [7, 11) is 0. The van der Waals surface area contributed by atoms with Gasteiger partial charge in [0, 0.05) is 16.3 Å². The van der Waals surface area contributed by atoms with E-state index in [1.165, 1.54) is 21.7 Å². The van der Waals surface area contributed by atoms with Crippen LogP contribution in [-0.2, 0) is 19.3 Å². The molecule has 2 nitrogen and oxygen atoms in total. The number of amides is 1. The zero-order chi connectivity index (χ0) is 12.4. The molecule has 94 valence electrons. The van der Waals surface area contributed by atoms with Gasteiger partial charge in [0.05, 0.1) is 4.88 Å². The summed E-state index contributed by atoms with van der Waals surface area (Å²) >= 11 is 3.41. The summed E-state index contributed by atoms with van der Waals surface area (Å²) in [5, 5.41) is 5.07. The molecule has 0 fully saturated rings. The second kappa shape index (κ2) is 5.24. The molecular formula is C14H15NOS2. The molecule has 0 bridgehead atoms. The Bertz CT molecular complexity index is 521. The van der Waals surface area contributed by atoms with Crippen molar-refractivity contribution in [2.75, 3.05) is 6.54 Å². The van der Waals surface area contributed by atoms with Crippen LogP contribution in [0.1, 0.15) is 31.4 Å². The van der Waals surface area contributed by atoms with Gasteiger partial charge in [-0.05, 0) is 48.8 Å². The lowest BCUT2D eigenvalue weighted by molar-refractivity contribution is 0.0958. The molecule has 0 aromatic carbocycles. The molecule has 1 N–H and O–H groups in total. The summed E-state index contributed by atoms with van der Waals surface area (Å²) in [6, 6.07) is 6.23. The molecule has 0 unspecified atom stereocenters. The first-order valence-corrected chi connectivity index (χ1v) is 7.95. The average molecular weight is 277 g/mol. The van der Waals surface area contributed by atoms with Crippen molar-refractivity contribution in [1.82, 2.24) is 5.32 Å². The van der Waals surface area contributed by atoms with Crippen molar-refractivity contribution < 1.29 is 4.79 Å². The Morgan fingerprint density at radius 2 is 2.33 bits per heavy atom. The number of rotatable bonds is 4. The molecule has 18 heavy (non-hydrogen) atoms. The number of carbonyl (C=O) groups excluding carboxylic acids is 1. The van der Waals surface area contributed by atoms with Crippen LogP contribution in [0.2, 0.25) is 0 Å². The lowest BCUT2D eigenvalue weighted by atomic mass is 10.2. The van der Waals surface area contributed by atoms with E-state index in [0.29, 0.717) is 0 Å². The lowest BCUT2D eigenvalue weighted by Gasteiger charge is -2.02. The highest BCUT2D eigenvalue weighted by molar-refractivity contribution is 7.14. The van der Waals surface area contributed by atoms with Crippen molar-refractivity contribution in [2.24, 2.45) is 0 Å². The Balaban J connectivity index is 1.54. The highest BCUT2D eigenvalue weighted by atomic mass is 32.1. The second-order valence-corrected chi connectivity index (χ2v) is 6.67. The van der Waals surface area contributed by atoms with E-state index in [0.717, 1.165) is 30.7 Å². The number of nitrogens with one attached hydrogen (secondary N) is 1. The minimum absolute atomic E-state index is 0.0888. The molecule has 2 aromatic rings. The molecule has 1 amide bonds. The predicted octanol–water partition coefficient (Wildman–Crippen LogP) is 3.27. The van der Waals surface area contributed by atoms with Crippen LogP contribution < -0.4 is 5.32 Å². The van der Waals surface area contributed by atoms with Crippen molar-refractivity contribution in [2.45, 2.75) is 25.7 Å². The molecule has 2 aromatic heterocycles. The number of hydrogen-bond donors (Lipinski definition) is 1. The second-order valence-electron chi connectivity index (χ2n) is 4.50. The molecule has 4 heteroatoms. The third kappa shape index (κ3) is 2.49. The minimum atomic E-state index is 0.0888. The van der Waals surface area contributed by atoms with Crippen LogP contribution in [0, 0.1) is 0 Å². The first-order valence-electron chi connectivity index (χ1n) is 6.25. The number of aryl methyl sites for hydroxylation is 2. The SMILES string of the molecule is O=C(NCCc1cccs1)c1cc2c(s1)CCC2. The van der Waals surface area contributed by atoms with Gasteiger partial charge < -0.3 is 5.32 Å². The van der Waals surface area contributed by atoms with Crippen LogP contribution in [0.4, 0.5) is 0 Å². The number of thiophene rings is 2. The molecule has 0 atom stereocenters. The lowest BCUT2D eigenvalue weighted by Crippen LogP contribution is -2.24. The van der Waals surface area contributed by atoms with Crippen molar-refractivity contribution >= 4 is 28.6 Å². The third-order valence-electron chi connectivity index (χ3n) is 3.21. The molecule has 1 aliphatic carbocycles.